The number of rotatable bonds is 6. The van der Waals surface area contributed by atoms with Crippen LogP contribution in [-0.4, -0.2) is 5.78 Å². The van der Waals surface area contributed by atoms with Gasteiger partial charge in [0.2, 0.25) is 0 Å². The Balaban J connectivity index is 1.41. The van der Waals surface area contributed by atoms with Gasteiger partial charge in [-0.05, 0) is 53.3 Å². The number of carbonyl (C=O) groups is 1. The van der Waals surface area contributed by atoms with Crippen LogP contribution < -0.4 is 4.74 Å². The molecular formula is C24H16F2O3. The summed E-state index contributed by atoms with van der Waals surface area (Å²) in [6.45, 7) is -0.0188. The molecule has 29 heavy (non-hydrogen) atoms. The van der Waals surface area contributed by atoms with Gasteiger partial charge in [0, 0.05) is 11.6 Å². The first-order chi connectivity index (χ1) is 14.1. The van der Waals surface area contributed by atoms with Crippen molar-refractivity contribution in [3.05, 3.63) is 108 Å². The van der Waals surface area contributed by atoms with Crippen LogP contribution in [0.4, 0.5) is 8.78 Å². The monoisotopic (exact) mass is 390 g/mol. The van der Waals surface area contributed by atoms with Gasteiger partial charge in [-0.25, -0.2) is 8.78 Å². The summed E-state index contributed by atoms with van der Waals surface area (Å²) in [5, 5.41) is 2.07. The molecule has 0 amide bonds. The van der Waals surface area contributed by atoms with Crippen molar-refractivity contribution in [2.75, 3.05) is 0 Å². The van der Waals surface area contributed by atoms with E-state index in [1.54, 1.807) is 24.3 Å². The summed E-state index contributed by atoms with van der Waals surface area (Å²) in [7, 11) is 0. The van der Waals surface area contributed by atoms with E-state index in [1.807, 2.05) is 36.4 Å². The molecule has 0 aliphatic heterocycles. The lowest BCUT2D eigenvalue weighted by molar-refractivity contribution is 0.104. The first kappa shape index (κ1) is 18.6. The second-order valence-corrected chi connectivity index (χ2v) is 6.43. The predicted molar refractivity (Wildman–Crippen MR) is 107 cm³/mol. The lowest BCUT2D eigenvalue weighted by Crippen LogP contribution is -1.96. The number of fused-ring (bicyclic) bond motifs is 1. The Bertz CT molecular complexity index is 1210. The summed E-state index contributed by atoms with van der Waals surface area (Å²) in [5.41, 5.74) is 0.585. The minimum atomic E-state index is -0.780. The Labute approximate surface area is 165 Å². The van der Waals surface area contributed by atoms with Crippen LogP contribution in [0.15, 0.2) is 83.3 Å². The normalized spacial score (nSPS) is 11.2. The van der Waals surface area contributed by atoms with Crippen LogP contribution in [-0.2, 0) is 6.61 Å². The molecule has 0 saturated carbocycles. The standard InChI is InChI=1S/C24H16F2O3/c25-19-7-12-24(22(26)14-19)28-15-21-9-8-20(29-21)10-11-23(27)18-6-5-16-3-1-2-4-17(16)13-18/h1-14H,15H2/b11-10+. The minimum Gasteiger partial charge on any atom is -0.483 e. The van der Waals surface area contributed by atoms with Crippen LogP contribution >= 0.6 is 0 Å². The lowest BCUT2D eigenvalue weighted by Gasteiger charge is -2.05. The molecule has 0 saturated heterocycles. The van der Waals surface area contributed by atoms with Crippen molar-refractivity contribution >= 4 is 22.6 Å². The molecule has 0 aliphatic rings. The summed E-state index contributed by atoms with van der Waals surface area (Å²) in [4.78, 5) is 12.4. The van der Waals surface area contributed by atoms with Gasteiger partial charge in [0.05, 0.1) is 0 Å². The van der Waals surface area contributed by atoms with Crippen LogP contribution in [0.1, 0.15) is 21.9 Å². The number of ketones is 1. The number of hydrogen-bond acceptors (Lipinski definition) is 3. The molecule has 3 nitrogen and oxygen atoms in total. The number of halogens is 2. The molecular weight excluding hydrogens is 374 g/mol. The largest absolute Gasteiger partial charge is 0.483 e. The third kappa shape index (κ3) is 4.41. The summed E-state index contributed by atoms with van der Waals surface area (Å²) < 4.78 is 37.4. The topological polar surface area (TPSA) is 39.4 Å². The van der Waals surface area contributed by atoms with Crippen molar-refractivity contribution < 1.29 is 22.7 Å². The maximum atomic E-state index is 13.6. The molecule has 0 atom stereocenters. The molecule has 144 valence electrons. The SMILES string of the molecule is O=C(/C=C/c1ccc(COc2ccc(F)cc2F)o1)c1ccc2ccccc2c1. The van der Waals surface area contributed by atoms with Crippen molar-refractivity contribution in [2.24, 2.45) is 0 Å². The van der Waals surface area contributed by atoms with Gasteiger partial charge in [0.25, 0.3) is 0 Å². The van der Waals surface area contributed by atoms with Gasteiger partial charge in [-0.2, -0.15) is 0 Å². The fourth-order valence-electron chi connectivity index (χ4n) is 2.90. The van der Waals surface area contributed by atoms with Crippen molar-refractivity contribution in [2.45, 2.75) is 6.61 Å². The van der Waals surface area contributed by atoms with E-state index in [9.17, 15) is 13.6 Å². The molecule has 0 unspecified atom stereocenters. The molecule has 0 spiro atoms. The highest BCUT2D eigenvalue weighted by Gasteiger charge is 2.08. The molecule has 0 N–H and O–H groups in total. The number of allylic oxidation sites excluding steroid dienone is 1. The number of ether oxygens (including phenoxy) is 1. The maximum Gasteiger partial charge on any atom is 0.185 e. The van der Waals surface area contributed by atoms with E-state index in [0.29, 0.717) is 17.1 Å². The summed E-state index contributed by atoms with van der Waals surface area (Å²) in [6, 6.07) is 19.8. The van der Waals surface area contributed by atoms with Crippen LogP contribution in [0.5, 0.6) is 5.75 Å². The fourth-order valence-corrected chi connectivity index (χ4v) is 2.90. The second-order valence-electron chi connectivity index (χ2n) is 6.43. The Kier molecular flexibility index (Phi) is 5.20. The zero-order valence-electron chi connectivity index (χ0n) is 15.3. The highest BCUT2D eigenvalue weighted by Crippen LogP contribution is 2.20. The Hall–Kier alpha value is -3.73. The molecule has 0 bridgehead atoms. The number of hydrogen-bond donors (Lipinski definition) is 0. The summed E-state index contributed by atoms with van der Waals surface area (Å²) in [5.74, 6) is -0.734. The molecule has 1 aromatic heterocycles. The van der Waals surface area contributed by atoms with Crippen molar-refractivity contribution in [3.63, 3.8) is 0 Å². The molecule has 0 radical (unpaired) electrons. The molecule has 4 rings (SSSR count). The van der Waals surface area contributed by atoms with Gasteiger partial charge >= 0.3 is 0 Å². The zero-order chi connectivity index (χ0) is 20.2. The molecule has 5 heteroatoms. The molecule has 3 aromatic carbocycles. The lowest BCUT2D eigenvalue weighted by atomic mass is 10.0. The van der Waals surface area contributed by atoms with E-state index in [2.05, 4.69) is 0 Å². The number of benzene rings is 3. The van der Waals surface area contributed by atoms with Gasteiger partial charge in [-0.15, -0.1) is 0 Å². The fraction of sp³-hybridized carbons (Fsp3) is 0.0417. The summed E-state index contributed by atoms with van der Waals surface area (Å²) >= 11 is 0. The second kappa shape index (κ2) is 8.10. The molecule has 1 heterocycles. The predicted octanol–water partition coefficient (Wildman–Crippen LogP) is 6.19. The van der Waals surface area contributed by atoms with Gasteiger partial charge < -0.3 is 9.15 Å². The maximum absolute atomic E-state index is 13.6. The van der Waals surface area contributed by atoms with Gasteiger partial charge in [0.15, 0.2) is 17.3 Å². The first-order valence-corrected chi connectivity index (χ1v) is 8.96. The number of furan rings is 1. The number of carbonyl (C=O) groups excluding carboxylic acids is 1. The average molecular weight is 390 g/mol. The van der Waals surface area contributed by atoms with Crippen molar-refractivity contribution in [1.29, 1.82) is 0 Å². The van der Waals surface area contributed by atoms with Gasteiger partial charge in [-0.1, -0.05) is 36.4 Å². The third-order valence-electron chi connectivity index (χ3n) is 4.38. The zero-order valence-corrected chi connectivity index (χ0v) is 15.3. The van der Waals surface area contributed by atoms with Crippen molar-refractivity contribution in [3.8, 4) is 5.75 Å². The van der Waals surface area contributed by atoms with E-state index in [4.69, 9.17) is 9.15 Å². The Morgan fingerprint density at radius 1 is 0.931 bits per heavy atom. The Morgan fingerprint density at radius 2 is 1.76 bits per heavy atom. The quantitative estimate of drug-likeness (QED) is 0.291. The minimum absolute atomic E-state index is 0.0188. The van der Waals surface area contributed by atoms with Gasteiger partial charge in [-0.3, -0.25) is 4.79 Å². The van der Waals surface area contributed by atoms with Crippen LogP contribution in [0, 0.1) is 11.6 Å². The third-order valence-corrected chi connectivity index (χ3v) is 4.38. The van der Waals surface area contributed by atoms with Crippen LogP contribution in [0.25, 0.3) is 16.8 Å². The van der Waals surface area contributed by atoms with Crippen molar-refractivity contribution in [1.82, 2.24) is 0 Å². The van der Waals surface area contributed by atoms with Crippen LogP contribution in [0.3, 0.4) is 0 Å². The first-order valence-electron chi connectivity index (χ1n) is 8.96. The average Bonchev–Trinajstić information content (AvgIpc) is 3.19. The smallest absolute Gasteiger partial charge is 0.185 e. The van der Waals surface area contributed by atoms with E-state index in [0.717, 1.165) is 22.9 Å². The van der Waals surface area contributed by atoms with Gasteiger partial charge in [0.1, 0.15) is 23.9 Å². The molecule has 0 aliphatic carbocycles. The van der Waals surface area contributed by atoms with E-state index >= 15 is 0 Å². The Morgan fingerprint density at radius 3 is 2.59 bits per heavy atom. The molecule has 4 aromatic rings. The van der Waals surface area contributed by atoms with E-state index in [-0.39, 0.29) is 18.1 Å². The van der Waals surface area contributed by atoms with E-state index in [1.165, 1.54) is 12.1 Å². The summed E-state index contributed by atoms with van der Waals surface area (Å²) in [6.07, 6.45) is 3.01. The molecule has 0 fully saturated rings. The van der Waals surface area contributed by atoms with E-state index < -0.39 is 11.6 Å². The van der Waals surface area contributed by atoms with Crippen LogP contribution in [0.2, 0.25) is 0 Å². The highest BCUT2D eigenvalue weighted by molar-refractivity contribution is 6.08. The highest BCUT2D eigenvalue weighted by atomic mass is 19.1.